The zero-order valence-electron chi connectivity index (χ0n) is 19.3. The smallest absolute Gasteiger partial charge is 0.261 e. The molecule has 5 nitrogen and oxygen atoms in total. The van der Waals surface area contributed by atoms with Crippen LogP contribution in [-0.4, -0.2) is 86.6 Å². The van der Waals surface area contributed by atoms with E-state index in [9.17, 15) is 9.59 Å². The normalized spacial score (nSPS) is 13.7. The van der Waals surface area contributed by atoms with Crippen LogP contribution in [0.1, 0.15) is 59.7 Å². The summed E-state index contributed by atoms with van der Waals surface area (Å²) in [6, 6.07) is 7.12. The van der Waals surface area contributed by atoms with Gasteiger partial charge in [-0.15, -0.1) is 0 Å². The van der Waals surface area contributed by atoms with E-state index in [0.29, 0.717) is 17.7 Å². The number of carbonyl (C=O) groups is 2. The lowest BCUT2D eigenvalue weighted by molar-refractivity contribution is -0.890. The van der Waals surface area contributed by atoms with Crippen molar-refractivity contribution in [2.45, 2.75) is 39.0 Å². The molecular formula is C23H39Br2N3O2. The molecule has 1 aromatic rings. The zero-order chi connectivity index (χ0) is 20.8. The number of hydrogen-bond donors (Lipinski definition) is 0. The van der Waals surface area contributed by atoms with Crippen LogP contribution in [-0.2, 0) is 0 Å². The molecule has 30 heavy (non-hydrogen) atoms. The van der Waals surface area contributed by atoms with Crippen molar-refractivity contribution < 1.29 is 52.5 Å². The molecule has 0 N–H and O–H groups in total. The van der Waals surface area contributed by atoms with Crippen LogP contribution in [0.15, 0.2) is 24.3 Å². The van der Waals surface area contributed by atoms with Gasteiger partial charge in [0.15, 0.2) is 0 Å². The number of nitrogens with zero attached hydrogens (tertiary/aromatic N) is 3. The van der Waals surface area contributed by atoms with Crippen molar-refractivity contribution >= 4 is 11.8 Å². The van der Waals surface area contributed by atoms with E-state index in [1.807, 2.05) is 12.1 Å². The summed E-state index contributed by atoms with van der Waals surface area (Å²) >= 11 is 0. The fraction of sp³-hybridized carbons (Fsp3) is 0.652. The molecule has 0 radical (unpaired) electrons. The van der Waals surface area contributed by atoms with E-state index in [1.165, 1.54) is 43.7 Å². The molecule has 0 aliphatic carbocycles. The van der Waals surface area contributed by atoms with Crippen LogP contribution in [0.5, 0.6) is 0 Å². The van der Waals surface area contributed by atoms with Crippen molar-refractivity contribution in [3.05, 3.63) is 35.4 Å². The molecule has 1 heterocycles. The summed E-state index contributed by atoms with van der Waals surface area (Å²) in [7, 11) is 9.10. The molecule has 0 unspecified atom stereocenters. The van der Waals surface area contributed by atoms with E-state index >= 15 is 0 Å². The van der Waals surface area contributed by atoms with Gasteiger partial charge in [0.2, 0.25) is 0 Å². The molecular weight excluding hydrogens is 510 g/mol. The number of hydrogen-bond acceptors (Lipinski definition) is 2. The van der Waals surface area contributed by atoms with E-state index in [2.05, 4.69) is 35.1 Å². The first-order valence-corrected chi connectivity index (χ1v) is 10.8. The summed E-state index contributed by atoms with van der Waals surface area (Å²) in [5.74, 6) is -0.279. The first-order chi connectivity index (χ1) is 13.2. The minimum absolute atomic E-state index is 0. The molecule has 7 heteroatoms. The van der Waals surface area contributed by atoms with Gasteiger partial charge in [-0.05, 0) is 44.7 Å². The maximum absolute atomic E-state index is 12.4. The first-order valence-electron chi connectivity index (χ1n) is 10.8. The lowest BCUT2D eigenvalue weighted by Crippen LogP contribution is -3.00. The van der Waals surface area contributed by atoms with Crippen molar-refractivity contribution in [1.82, 2.24) is 4.90 Å². The third kappa shape index (κ3) is 8.40. The minimum atomic E-state index is -0.140. The molecule has 172 valence electrons. The van der Waals surface area contributed by atoms with Gasteiger partial charge in [-0.25, -0.2) is 0 Å². The maximum Gasteiger partial charge on any atom is 0.261 e. The van der Waals surface area contributed by atoms with Gasteiger partial charge >= 0.3 is 0 Å². The summed E-state index contributed by atoms with van der Waals surface area (Å²) in [6.45, 7) is 7.34. The van der Waals surface area contributed by atoms with Gasteiger partial charge < -0.3 is 42.9 Å². The average molecular weight is 549 g/mol. The van der Waals surface area contributed by atoms with Crippen molar-refractivity contribution in [2.75, 3.05) is 60.9 Å². The molecule has 0 spiro atoms. The zero-order valence-corrected chi connectivity index (χ0v) is 22.5. The Kier molecular flexibility index (Phi) is 12.6. The van der Waals surface area contributed by atoms with Gasteiger partial charge in [0.1, 0.15) is 0 Å². The Balaban J connectivity index is 0.00000420. The van der Waals surface area contributed by atoms with Gasteiger partial charge in [-0.3, -0.25) is 14.5 Å². The number of unbranched alkanes of at least 4 members (excludes halogenated alkanes) is 3. The molecule has 0 fully saturated rings. The molecule has 0 saturated heterocycles. The van der Waals surface area contributed by atoms with Gasteiger partial charge in [-0.2, -0.15) is 0 Å². The van der Waals surface area contributed by atoms with Crippen LogP contribution < -0.4 is 34.0 Å². The number of carbonyl (C=O) groups excluding carboxylic acids is 2. The number of halogens is 2. The number of benzene rings is 1. The largest absolute Gasteiger partial charge is 1.00 e. The lowest BCUT2D eigenvalue weighted by atomic mass is 10.1. The third-order valence-electron chi connectivity index (χ3n) is 6.16. The standard InChI is InChI=1S/C23H39N3O2.2BrH/c1-6-25(2,3)17-11-7-8-12-18-26(4,5)19-13-16-24-22(27)20-14-9-10-15-21(20)23(24)28;;/h9-10,14-15H,6-8,11-13,16-19H2,1-5H3;2*1H/q+2;;/p-2. The molecule has 1 aromatic carbocycles. The highest BCUT2D eigenvalue weighted by Crippen LogP contribution is 2.22. The summed E-state index contributed by atoms with van der Waals surface area (Å²) in [5, 5.41) is 0. The maximum atomic E-state index is 12.4. The van der Waals surface area contributed by atoms with Crippen molar-refractivity contribution in [2.24, 2.45) is 0 Å². The van der Waals surface area contributed by atoms with Crippen molar-refractivity contribution in [3.8, 4) is 0 Å². The fourth-order valence-corrected chi connectivity index (χ4v) is 3.80. The topological polar surface area (TPSA) is 37.4 Å². The monoisotopic (exact) mass is 547 g/mol. The minimum Gasteiger partial charge on any atom is -1.00 e. The Hall–Kier alpha value is -0.760. The van der Waals surface area contributed by atoms with E-state index in [4.69, 9.17) is 0 Å². The van der Waals surface area contributed by atoms with Gasteiger partial charge in [0.25, 0.3) is 11.8 Å². The van der Waals surface area contributed by atoms with Crippen LogP contribution >= 0.6 is 0 Å². The van der Waals surface area contributed by atoms with Gasteiger partial charge in [-0.1, -0.05) is 12.1 Å². The second-order valence-corrected chi connectivity index (χ2v) is 9.43. The number of quaternary nitrogens is 2. The Morgan fingerprint density at radius 2 is 1.13 bits per heavy atom. The van der Waals surface area contributed by atoms with E-state index in [-0.39, 0.29) is 45.8 Å². The molecule has 0 atom stereocenters. The molecule has 2 rings (SSSR count). The van der Waals surface area contributed by atoms with Crippen molar-refractivity contribution in [3.63, 3.8) is 0 Å². The number of imide groups is 1. The quantitative estimate of drug-likeness (QED) is 0.163. The van der Waals surface area contributed by atoms with Crippen LogP contribution in [0, 0.1) is 0 Å². The van der Waals surface area contributed by atoms with Crippen molar-refractivity contribution in [1.29, 1.82) is 0 Å². The highest BCUT2D eigenvalue weighted by atomic mass is 79.9. The van der Waals surface area contributed by atoms with E-state index < -0.39 is 0 Å². The van der Waals surface area contributed by atoms with Gasteiger partial charge in [0.05, 0.1) is 65.5 Å². The molecule has 1 aliphatic heterocycles. The number of fused-ring (bicyclic) bond motifs is 1. The van der Waals surface area contributed by atoms with Crippen LogP contribution in [0.3, 0.4) is 0 Å². The summed E-state index contributed by atoms with van der Waals surface area (Å²) in [5.41, 5.74) is 1.09. The predicted molar refractivity (Wildman–Crippen MR) is 114 cm³/mol. The lowest BCUT2D eigenvalue weighted by Gasteiger charge is -2.30. The van der Waals surface area contributed by atoms with E-state index in [0.717, 1.165) is 28.5 Å². The predicted octanol–water partition coefficient (Wildman–Crippen LogP) is -2.59. The number of rotatable bonds is 12. The molecule has 0 saturated carbocycles. The SMILES string of the molecule is CC[N+](C)(C)CCCCCC[N+](C)(C)CCCN1C(=O)c2ccccc2C1=O.[Br-].[Br-]. The Labute approximate surface area is 204 Å². The highest BCUT2D eigenvalue weighted by molar-refractivity contribution is 6.21. The second-order valence-electron chi connectivity index (χ2n) is 9.43. The summed E-state index contributed by atoms with van der Waals surface area (Å²) in [6.07, 6.45) is 5.97. The Morgan fingerprint density at radius 1 is 0.700 bits per heavy atom. The molecule has 0 aromatic heterocycles. The summed E-state index contributed by atoms with van der Waals surface area (Å²) < 4.78 is 2.05. The number of amides is 2. The van der Waals surface area contributed by atoms with Crippen LogP contribution in [0.25, 0.3) is 0 Å². The van der Waals surface area contributed by atoms with Crippen LogP contribution in [0.2, 0.25) is 0 Å². The molecule has 2 amide bonds. The van der Waals surface area contributed by atoms with Crippen LogP contribution in [0.4, 0.5) is 0 Å². The summed E-state index contributed by atoms with van der Waals surface area (Å²) in [4.78, 5) is 26.3. The second kappa shape index (κ2) is 12.9. The van der Waals surface area contributed by atoms with Gasteiger partial charge in [0, 0.05) is 13.0 Å². The Bertz CT molecular complexity index is 658. The molecule has 1 aliphatic rings. The third-order valence-corrected chi connectivity index (χ3v) is 6.16. The van der Waals surface area contributed by atoms with E-state index in [1.54, 1.807) is 12.1 Å². The highest BCUT2D eigenvalue weighted by Gasteiger charge is 2.34. The Morgan fingerprint density at radius 3 is 1.60 bits per heavy atom. The average Bonchev–Trinajstić information content (AvgIpc) is 2.89. The fourth-order valence-electron chi connectivity index (χ4n) is 3.80. The molecule has 0 bridgehead atoms. The first kappa shape index (κ1) is 29.2.